The van der Waals surface area contributed by atoms with Crippen LogP contribution in [0.3, 0.4) is 0 Å². The van der Waals surface area contributed by atoms with Crippen molar-refractivity contribution < 1.29 is 22.3 Å². The van der Waals surface area contributed by atoms with Crippen LogP contribution in [-0.2, 0) is 38.9 Å². The van der Waals surface area contributed by atoms with Gasteiger partial charge in [-0.1, -0.05) is 12.1 Å². The van der Waals surface area contributed by atoms with Gasteiger partial charge in [-0.25, -0.2) is 17.5 Å². The zero-order valence-corrected chi connectivity index (χ0v) is 21.0. The molecule has 4 rings (SSSR count). The number of carbonyl (C=O) groups is 1. The van der Waals surface area contributed by atoms with Crippen molar-refractivity contribution in [1.82, 2.24) is 14.3 Å². The van der Waals surface area contributed by atoms with Crippen molar-refractivity contribution in [2.24, 2.45) is 0 Å². The molecule has 0 spiro atoms. The van der Waals surface area contributed by atoms with Crippen LogP contribution in [0.2, 0.25) is 0 Å². The fraction of sp³-hybridized carbons (Fsp3) is 0.259. The molecule has 0 fully saturated rings. The number of ether oxygens (including phenoxy) is 1. The Labute approximate surface area is 210 Å². The first-order valence-corrected chi connectivity index (χ1v) is 13.1. The lowest BCUT2D eigenvalue weighted by Gasteiger charge is -2.09. The number of esters is 1. The number of sulfonamides is 1. The molecule has 0 saturated carbocycles. The molecule has 2 heterocycles. The van der Waals surface area contributed by atoms with Crippen LogP contribution in [0, 0.1) is 12.7 Å². The second-order valence-electron chi connectivity index (χ2n) is 8.53. The van der Waals surface area contributed by atoms with Crippen LogP contribution in [0.4, 0.5) is 4.39 Å². The number of benzene rings is 2. The number of hydrogen-bond donors (Lipinski definition) is 1. The van der Waals surface area contributed by atoms with Crippen molar-refractivity contribution in [3.05, 3.63) is 95.2 Å². The van der Waals surface area contributed by atoms with E-state index in [1.54, 1.807) is 6.20 Å². The third kappa shape index (κ3) is 5.80. The van der Waals surface area contributed by atoms with Crippen LogP contribution in [0.5, 0.6) is 0 Å². The summed E-state index contributed by atoms with van der Waals surface area (Å²) in [5.74, 6) is -0.756. The van der Waals surface area contributed by atoms with E-state index in [1.807, 2.05) is 37.4 Å². The number of carbonyl (C=O) groups excluding carboxylic acids is 1. The maximum atomic E-state index is 13.1. The second kappa shape index (κ2) is 11.0. The SMILES string of the molecule is COC(=O)CCn1c(C)c(Cc2cccnc2)c2cc(CCNS(=O)(=O)c3ccc(F)cc3)ccc21. The van der Waals surface area contributed by atoms with Crippen LogP contribution in [0.25, 0.3) is 10.9 Å². The van der Waals surface area contributed by atoms with E-state index in [4.69, 9.17) is 4.74 Å². The molecule has 0 atom stereocenters. The quantitative estimate of drug-likeness (QED) is 0.324. The number of nitrogens with zero attached hydrogens (tertiary/aromatic N) is 2. The molecular formula is C27H28FN3O4S. The third-order valence-corrected chi connectivity index (χ3v) is 7.70. The average molecular weight is 510 g/mol. The Kier molecular flexibility index (Phi) is 7.81. The molecule has 0 bridgehead atoms. The van der Waals surface area contributed by atoms with Gasteiger partial charge in [-0.2, -0.15) is 0 Å². The molecule has 0 unspecified atom stereocenters. The van der Waals surface area contributed by atoms with Gasteiger partial charge in [0.25, 0.3) is 0 Å². The minimum absolute atomic E-state index is 0.0245. The minimum atomic E-state index is -3.73. The van der Waals surface area contributed by atoms with Gasteiger partial charge in [0.05, 0.1) is 18.4 Å². The lowest BCUT2D eigenvalue weighted by atomic mass is 10.0. The van der Waals surface area contributed by atoms with Gasteiger partial charge in [0, 0.05) is 48.5 Å². The van der Waals surface area contributed by atoms with Gasteiger partial charge in [-0.05, 0) is 72.5 Å². The Morgan fingerprint density at radius 2 is 1.89 bits per heavy atom. The van der Waals surface area contributed by atoms with Crippen molar-refractivity contribution in [3.8, 4) is 0 Å². The Morgan fingerprint density at radius 3 is 2.58 bits per heavy atom. The van der Waals surface area contributed by atoms with Crippen molar-refractivity contribution in [1.29, 1.82) is 0 Å². The van der Waals surface area contributed by atoms with Gasteiger partial charge < -0.3 is 9.30 Å². The Hall–Kier alpha value is -3.56. The second-order valence-corrected chi connectivity index (χ2v) is 10.3. The summed E-state index contributed by atoms with van der Waals surface area (Å²) in [6.45, 7) is 2.74. The average Bonchev–Trinajstić information content (AvgIpc) is 3.13. The van der Waals surface area contributed by atoms with Gasteiger partial charge in [0.2, 0.25) is 10.0 Å². The number of halogens is 1. The normalized spacial score (nSPS) is 11.6. The highest BCUT2D eigenvalue weighted by Crippen LogP contribution is 2.29. The van der Waals surface area contributed by atoms with Crippen LogP contribution in [0.1, 0.15) is 28.8 Å². The predicted molar refractivity (Wildman–Crippen MR) is 136 cm³/mol. The maximum absolute atomic E-state index is 13.1. The summed E-state index contributed by atoms with van der Waals surface area (Å²) in [6, 6.07) is 14.7. The number of nitrogens with one attached hydrogen (secondary N) is 1. The summed E-state index contributed by atoms with van der Waals surface area (Å²) in [4.78, 5) is 16.0. The molecule has 0 amide bonds. The number of hydrogen-bond acceptors (Lipinski definition) is 5. The van der Waals surface area contributed by atoms with Crippen LogP contribution in [-0.4, -0.2) is 37.6 Å². The number of aromatic nitrogens is 2. The zero-order valence-electron chi connectivity index (χ0n) is 20.2. The smallest absolute Gasteiger partial charge is 0.307 e. The van der Waals surface area contributed by atoms with Gasteiger partial charge in [-0.15, -0.1) is 0 Å². The van der Waals surface area contributed by atoms with Gasteiger partial charge in [-0.3, -0.25) is 9.78 Å². The van der Waals surface area contributed by atoms with E-state index < -0.39 is 15.8 Å². The molecule has 0 saturated heterocycles. The highest BCUT2D eigenvalue weighted by atomic mass is 32.2. The lowest BCUT2D eigenvalue weighted by molar-refractivity contribution is -0.140. The minimum Gasteiger partial charge on any atom is -0.469 e. The number of fused-ring (bicyclic) bond motifs is 1. The topological polar surface area (TPSA) is 90.3 Å². The zero-order chi connectivity index (χ0) is 25.7. The molecule has 0 aliphatic rings. The summed E-state index contributed by atoms with van der Waals surface area (Å²) in [6.07, 6.45) is 5.00. The van der Waals surface area contributed by atoms with Crippen LogP contribution in [0.15, 0.2) is 71.9 Å². The summed E-state index contributed by atoms with van der Waals surface area (Å²) in [5.41, 5.74) is 5.25. The highest BCUT2D eigenvalue weighted by molar-refractivity contribution is 7.89. The van der Waals surface area contributed by atoms with Crippen molar-refractivity contribution in [3.63, 3.8) is 0 Å². The fourth-order valence-electron chi connectivity index (χ4n) is 4.30. The molecule has 2 aromatic carbocycles. The Balaban J connectivity index is 1.59. The number of aryl methyl sites for hydroxylation is 1. The van der Waals surface area contributed by atoms with Crippen molar-refractivity contribution in [2.75, 3.05) is 13.7 Å². The van der Waals surface area contributed by atoms with Crippen LogP contribution >= 0.6 is 0 Å². The predicted octanol–water partition coefficient (Wildman–Crippen LogP) is 4.16. The van der Waals surface area contributed by atoms with Gasteiger partial charge in [0.1, 0.15) is 5.82 Å². The highest BCUT2D eigenvalue weighted by Gasteiger charge is 2.17. The molecule has 0 radical (unpaired) electrons. The van der Waals surface area contributed by atoms with E-state index in [2.05, 4.69) is 20.3 Å². The lowest BCUT2D eigenvalue weighted by Crippen LogP contribution is -2.26. The first kappa shape index (κ1) is 25.5. The number of rotatable bonds is 10. The molecule has 0 aliphatic heterocycles. The molecule has 188 valence electrons. The molecular weight excluding hydrogens is 481 g/mol. The van der Waals surface area contributed by atoms with E-state index in [0.717, 1.165) is 45.4 Å². The molecule has 4 aromatic rings. The van der Waals surface area contributed by atoms with Crippen molar-refractivity contribution >= 4 is 26.9 Å². The van der Waals surface area contributed by atoms with E-state index in [9.17, 15) is 17.6 Å². The van der Waals surface area contributed by atoms with E-state index in [-0.39, 0.29) is 23.8 Å². The molecule has 1 N–H and O–H groups in total. The molecule has 9 heteroatoms. The summed E-state index contributed by atoms with van der Waals surface area (Å²) >= 11 is 0. The largest absolute Gasteiger partial charge is 0.469 e. The monoisotopic (exact) mass is 509 g/mol. The fourth-order valence-corrected chi connectivity index (χ4v) is 5.34. The Bertz CT molecular complexity index is 1470. The first-order valence-electron chi connectivity index (χ1n) is 11.6. The first-order chi connectivity index (χ1) is 17.3. The molecule has 0 aliphatic carbocycles. The van der Waals surface area contributed by atoms with Crippen molar-refractivity contribution in [2.45, 2.75) is 37.6 Å². The van der Waals surface area contributed by atoms with Gasteiger partial charge >= 0.3 is 5.97 Å². The third-order valence-electron chi connectivity index (χ3n) is 6.22. The summed E-state index contributed by atoms with van der Waals surface area (Å²) < 4.78 is 47.7. The van der Waals surface area contributed by atoms with Gasteiger partial charge in [0.15, 0.2) is 0 Å². The molecule has 36 heavy (non-hydrogen) atoms. The summed E-state index contributed by atoms with van der Waals surface area (Å²) in [7, 11) is -2.35. The molecule has 2 aromatic heterocycles. The standard InChI is InChI=1S/C27H28FN3O4S/c1-19-24(17-21-4-3-13-29-18-21)25-16-20(5-10-26(25)31(19)15-12-27(32)35-2)11-14-30-36(33,34)23-8-6-22(28)7-9-23/h3-10,13,16,18,30H,11-12,14-15,17H2,1-2H3. The maximum Gasteiger partial charge on any atom is 0.307 e. The number of methoxy groups -OCH3 is 1. The van der Waals surface area contributed by atoms with E-state index in [0.29, 0.717) is 19.4 Å². The van der Waals surface area contributed by atoms with Crippen LogP contribution < -0.4 is 4.72 Å². The molecule has 7 nitrogen and oxygen atoms in total. The van der Waals surface area contributed by atoms with E-state index >= 15 is 0 Å². The summed E-state index contributed by atoms with van der Waals surface area (Å²) in [5, 5.41) is 1.06. The van der Waals surface area contributed by atoms with E-state index in [1.165, 1.54) is 19.2 Å². The Morgan fingerprint density at radius 1 is 1.11 bits per heavy atom. The number of pyridine rings is 1.